The van der Waals surface area contributed by atoms with Crippen molar-refractivity contribution in [2.24, 2.45) is 5.41 Å². The van der Waals surface area contributed by atoms with Gasteiger partial charge in [0.2, 0.25) is 0 Å². The highest BCUT2D eigenvalue weighted by molar-refractivity contribution is 8.00. The molecule has 3 rings (SSSR count). The van der Waals surface area contributed by atoms with Gasteiger partial charge in [-0.1, -0.05) is 36.0 Å². The highest BCUT2D eigenvalue weighted by atomic mass is 32.2. The van der Waals surface area contributed by atoms with Crippen molar-refractivity contribution in [2.75, 3.05) is 26.0 Å². The molecule has 0 aliphatic carbocycles. The number of thioether (sulfide) groups is 1. The highest BCUT2D eigenvalue weighted by Crippen LogP contribution is 2.37. The van der Waals surface area contributed by atoms with Crippen LogP contribution in [0.2, 0.25) is 0 Å². The largest absolute Gasteiger partial charge is 0.466 e. The third-order valence-corrected chi connectivity index (χ3v) is 7.10. The Morgan fingerprint density at radius 1 is 1.36 bits per heavy atom. The van der Waals surface area contributed by atoms with Crippen molar-refractivity contribution in [3.63, 3.8) is 0 Å². The van der Waals surface area contributed by atoms with E-state index in [4.69, 9.17) is 4.74 Å². The number of piperidine rings is 1. The van der Waals surface area contributed by atoms with E-state index in [1.54, 1.807) is 10.3 Å². The van der Waals surface area contributed by atoms with Crippen LogP contribution in [-0.4, -0.2) is 47.7 Å². The van der Waals surface area contributed by atoms with Crippen molar-refractivity contribution < 1.29 is 14.3 Å². The van der Waals surface area contributed by atoms with E-state index in [1.807, 2.05) is 25.3 Å². The Bertz CT molecular complexity index is 852. The zero-order chi connectivity index (χ0) is 20.1. The first-order valence-electron chi connectivity index (χ1n) is 9.49. The van der Waals surface area contributed by atoms with Crippen molar-refractivity contribution in [3.8, 4) is 0 Å². The molecule has 0 spiro atoms. The van der Waals surface area contributed by atoms with E-state index in [-0.39, 0.29) is 11.9 Å². The monoisotopic (exact) mass is 418 g/mol. The molecular weight excluding hydrogens is 392 g/mol. The number of esters is 1. The van der Waals surface area contributed by atoms with Crippen molar-refractivity contribution in [2.45, 2.75) is 37.4 Å². The smallest absolute Gasteiger partial charge is 0.314 e. The summed E-state index contributed by atoms with van der Waals surface area (Å²) in [6.45, 7) is 5.22. The number of aryl methyl sites for hydroxylation is 1. The zero-order valence-electron chi connectivity index (χ0n) is 16.6. The van der Waals surface area contributed by atoms with Gasteiger partial charge in [-0.15, -0.1) is 11.3 Å². The van der Waals surface area contributed by atoms with Crippen molar-refractivity contribution in [3.05, 3.63) is 46.5 Å². The van der Waals surface area contributed by atoms with E-state index >= 15 is 0 Å². The maximum Gasteiger partial charge on any atom is 0.314 e. The number of thiazole rings is 1. The number of hydrogen-bond acceptors (Lipinski definition) is 6. The minimum atomic E-state index is -0.714. The summed E-state index contributed by atoms with van der Waals surface area (Å²) in [6.07, 6.45) is 4.02. The predicted molar refractivity (Wildman–Crippen MR) is 113 cm³/mol. The second-order valence-corrected chi connectivity index (χ2v) is 9.05. The fourth-order valence-corrected chi connectivity index (χ4v) is 4.99. The summed E-state index contributed by atoms with van der Waals surface area (Å²) in [6, 6.07) is 8.10. The van der Waals surface area contributed by atoms with Gasteiger partial charge in [0, 0.05) is 18.5 Å². The molecule has 0 saturated carbocycles. The number of nitrogens with zero attached hydrogens (tertiary/aromatic N) is 2. The molecule has 1 aromatic heterocycles. The first-order valence-corrected chi connectivity index (χ1v) is 11.6. The second-order valence-electron chi connectivity index (χ2n) is 7.14. The van der Waals surface area contributed by atoms with Crippen molar-refractivity contribution in [1.29, 1.82) is 0 Å². The Hall–Kier alpha value is -1.86. The number of rotatable bonds is 6. The summed E-state index contributed by atoms with van der Waals surface area (Å²) in [5.74, 6) is -0.312. The van der Waals surface area contributed by atoms with Crippen LogP contribution >= 0.6 is 23.1 Å². The van der Waals surface area contributed by atoms with Crippen LogP contribution in [0.3, 0.4) is 0 Å². The molecular formula is C21H26N2O3S2. The molecule has 2 aromatic rings. The van der Waals surface area contributed by atoms with Gasteiger partial charge >= 0.3 is 5.97 Å². The minimum Gasteiger partial charge on any atom is -0.466 e. The van der Waals surface area contributed by atoms with Gasteiger partial charge in [-0.05, 0) is 50.5 Å². The summed E-state index contributed by atoms with van der Waals surface area (Å²) in [5.41, 5.74) is 2.03. The Balaban J connectivity index is 1.87. The second kappa shape index (κ2) is 9.09. The third-order valence-electron chi connectivity index (χ3n) is 5.24. The Morgan fingerprint density at radius 2 is 2.14 bits per heavy atom. The molecule has 0 radical (unpaired) electrons. The summed E-state index contributed by atoms with van der Waals surface area (Å²) in [4.78, 5) is 32.2. The number of hydrogen-bond donors (Lipinski definition) is 0. The van der Waals surface area contributed by atoms with E-state index in [0.29, 0.717) is 31.8 Å². The molecule has 1 unspecified atom stereocenters. The lowest BCUT2D eigenvalue weighted by molar-refractivity contribution is -0.158. The van der Waals surface area contributed by atoms with Crippen LogP contribution in [0.4, 0.5) is 0 Å². The van der Waals surface area contributed by atoms with Crippen LogP contribution in [0, 0.1) is 12.3 Å². The lowest BCUT2D eigenvalue weighted by atomic mass is 9.74. The fraction of sp³-hybridized carbons (Fsp3) is 0.476. The lowest BCUT2D eigenvalue weighted by Gasteiger charge is -2.41. The highest BCUT2D eigenvalue weighted by Gasteiger charge is 2.45. The molecule has 1 aromatic carbocycles. The Kier molecular flexibility index (Phi) is 6.78. The normalized spacial score (nSPS) is 19.5. The van der Waals surface area contributed by atoms with Gasteiger partial charge in [0.1, 0.15) is 10.0 Å². The number of amides is 1. The van der Waals surface area contributed by atoms with Crippen LogP contribution in [0.15, 0.2) is 34.0 Å². The average Bonchev–Trinajstić information content (AvgIpc) is 3.19. The molecule has 5 nitrogen and oxygen atoms in total. The van der Waals surface area contributed by atoms with Crippen LogP contribution in [-0.2, 0) is 16.0 Å². The molecule has 28 heavy (non-hydrogen) atoms. The van der Waals surface area contributed by atoms with Crippen LogP contribution in [0.5, 0.6) is 0 Å². The van der Waals surface area contributed by atoms with Gasteiger partial charge in [0.15, 0.2) is 0 Å². The molecule has 0 bridgehead atoms. The molecule has 1 saturated heterocycles. The molecule has 0 N–H and O–H groups in total. The van der Waals surface area contributed by atoms with Gasteiger partial charge in [0.05, 0.1) is 12.0 Å². The van der Waals surface area contributed by atoms with E-state index in [9.17, 15) is 9.59 Å². The minimum absolute atomic E-state index is 0.102. The maximum atomic E-state index is 13.0. The van der Waals surface area contributed by atoms with Gasteiger partial charge in [-0.3, -0.25) is 9.59 Å². The maximum absolute atomic E-state index is 13.0. The molecule has 1 amide bonds. The molecule has 7 heteroatoms. The van der Waals surface area contributed by atoms with E-state index in [2.05, 4.69) is 24.0 Å². The lowest BCUT2D eigenvalue weighted by Crippen LogP contribution is -2.51. The topological polar surface area (TPSA) is 59.5 Å². The first kappa shape index (κ1) is 20.9. The summed E-state index contributed by atoms with van der Waals surface area (Å²) in [5, 5.41) is 1.80. The van der Waals surface area contributed by atoms with Crippen LogP contribution in [0.1, 0.15) is 41.4 Å². The van der Waals surface area contributed by atoms with Gasteiger partial charge < -0.3 is 9.64 Å². The quantitative estimate of drug-likeness (QED) is 0.520. The predicted octanol–water partition coefficient (Wildman–Crippen LogP) is 4.20. The Labute approximate surface area is 174 Å². The van der Waals surface area contributed by atoms with Crippen molar-refractivity contribution in [1.82, 2.24) is 9.88 Å². The number of benzene rings is 1. The third kappa shape index (κ3) is 4.41. The number of carbonyl (C=O) groups is 2. The number of aromatic nitrogens is 1. The number of carbonyl (C=O) groups excluding carboxylic acids is 2. The number of ether oxygens (including phenoxy) is 1. The molecule has 150 valence electrons. The molecule has 2 heterocycles. The SMILES string of the molecule is CCOC(=O)C1(Cc2ccccc2C)CCCN(C(=O)c2csc(SC)n2)C1. The Morgan fingerprint density at radius 3 is 2.82 bits per heavy atom. The zero-order valence-corrected chi connectivity index (χ0v) is 18.2. The van der Waals surface area contributed by atoms with Gasteiger partial charge in [0.25, 0.3) is 5.91 Å². The molecule has 1 aliphatic rings. The van der Waals surface area contributed by atoms with Crippen LogP contribution < -0.4 is 0 Å². The first-order chi connectivity index (χ1) is 13.5. The molecule has 1 fully saturated rings. The summed E-state index contributed by atoms with van der Waals surface area (Å²) < 4.78 is 6.33. The van der Waals surface area contributed by atoms with E-state index in [1.165, 1.54) is 23.1 Å². The van der Waals surface area contributed by atoms with Gasteiger partial charge in [-0.25, -0.2) is 4.98 Å². The van der Waals surface area contributed by atoms with E-state index < -0.39 is 5.41 Å². The van der Waals surface area contributed by atoms with E-state index in [0.717, 1.165) is 28.3 Å². The average molecular weight is 419 g/mol. The summed E-state index contributed by atoms with van der Waals surface area (Å²) in [7, 11) is 0. The van der Waals surface area contributed by atoms with Crippen LogP contribution in [0.25, 0.3) is 0 Å². The molecule has 1 atom stereocenters. The van der Waals surface area contributed by atoms with Crippen molar-refractivity contribution >= 4 is 35.0 Å². The summed E-state index contributed by atoms with van der Waals surface area (Å²) >= 11 is 3.00. The standard InChI is InChI=1S/C21H26N2O3S2/c1-4-26-19(25)21(12-16-9-6-5-8-15(16)2)10-7-11-23(14-21)18(24)17-13-28-20(22-17)27-3/h5-6,8-9,13H,4,7,10-12,14H2,1-3H3. The van der Waals surface area contributed by atoms with Gasteiger partial charge in [-0.2, -0.15) is 0 Å². The fourth-order valence-electron chi connectivity index (χ4n) is 3.76. The molecule has 1 aliphatic heterocycles. The number of likely N-dealkylation sites (tertiary alicyclic amines) is 1.